The molecule has 0 atom stereocenters. The van der Waals surface area contributed by atoms with Crippen molar-refractivity contribution < 1.29 is 18.8 Å². The molecular weight excluding hydrogens is 227 g/mol. The first kappa shape index (κ1) is 11.5. The maximum atomic E-state index is 12.9. The van der Waals surface area contributed by atoms with Crippen LogP contribution in [-0.4, -0.2) is 15.2 Å². The molecule has 0 aliphatic heterocycles. The molecule has 0 bridgehead atoms. The first-order valence-electron chi connectivity index (χ1n) is 5.00. The molecule has 1 heterocycles. The maximum absolute atomic E-state index is 12.9. The van der Waals surface area contributed by atoms with Gasteiger partial charge in [0.2, 0.25) is 0 Å². The molecule has 2 aromatic rings. The molecule has 1 aromatic carbocycles. The monoisotopic (exact) mass is 238 g/mol. The minimum absolute atomic E-state index is 0.0828. The van der Waals surface area contributed by atoms with Crippen molar-refractivity contribution in [1.82, 2.24) is 10.1 Å². The third-order valence-electron chi connectivity index (χ3n) is 2.11. The summed E-state index contributed by atoms with van der Waals surface area (Å²) in [6.07, 6.45) is 0. The van der Waals surface area contributed by atoms with Crippen LogP contribution in [0, 0.1) is 12.7 Å². The molecule has 17 heavy (non-hydrogen) atoms. The average molecular weight is 238 g/mol. The van der Waals surface area contributed by atoms with E-state index in [2.05, 4.69) is 10.1 Å². The van der Waals surface area contributed by atoms with Crippen molar-refractivity contribution in [2.24, 2.45) is 0 Å². The number of rotatable bonds is 4. The number of hydrogen-bond donors (Lipinski definition) is 1. The molecule has 90 valence electrons. The molecule has 0 aliphatic rings. The van der Waals surface area contributed by atoms with Gasteiger partial charge in [0.15, 0.2) is 12.4 Å². The predicted octanol–water partition coefficient (Wildman–Crippen LogP) is 1.59. The van der Waals surface area contributed by atoms with Gasteiger partial charge in [0.05, 0.1) is 6.61 Å². The van der Waals surface area contributed by atoms with Crippen molar-refractivity contribution in [3.63, 3.8) is 0 Å². The third-order valence-corrected chi connectivity index (χ3v) is 2.11. The Morgan fingerprint density at radius 1 is 1.47 bits per heavy atom. The van der Waals surface area contributed by atoms with Crippen LogP contribution in [0.2, 0.25) is 0 Å². The van der Waals surface area contributed by atoms with Crippen LogP contribution in [0.4, 0.5) is 4.39 Å². The molecular formula is C11H11FN2O3. The van der Waals surface area contributed by atoms with E-state index < -0.39 is 5.82 Å². The van der Waals surface area contributed by atoms with Crippen molar-refractivity contribution in [2.45, 2.75) is 20.1 Å². The number of aliphatic hydroxyl groups excluding tert-OH is 1. The molecule has 0 saturated carbocycles. The van der Waals surface area contributed by atoms with Gasteiger partial charge in [0.25, 0.3) is 5.89 Å². The van der Waals surface area contributed by atoms with Gasteiger partial charge in [-0.3, -0.25) is 0 Å². The lowest BCUT2D eigenvalue weighted by Crippen LogP contribution is -1.99. The second-order valence-corrected chi connectivity index (χ2v) is 3.43. The van der Waals surface area contributed by atoms with Gasteiger partial charge >= 0.3 is 0 Å². The Hall–Kier alpha value is -1.95. The summed E-state index contributed by atoms with van der Waals surface area (Å²) in [6, 6.07) is 3.92. The van der Waals surface area contributed by atoms with Gasteiger partial charge < -0.3 is 14.4 Å². The highest BCUT2D eigenvalue weighted by atomic mass is 19.1. The molecule has 0 aliphatic carbocycles. The van der Waals surface area contributed by atoms with Crippen LogP contribution < -0.4 is 4.74 Å². The lowest BCUT2D eigenvalue weighted by atomic mass is 10.2. The van der Waals surface area contributed by atoms with Gasteiger partial charge in [-0.15, -0.1) is 0 Å². The second kappa shape index (κ2) is 4.92. The number of aryl methyl sites for hydroxylation is 1. The summed E-state index contributed by atoms with van der Waals surface area (Å²) in [5.74, 6) is 0.820. The Morgan fingerprint density at radius 3 is 2.94 bits per heavy atom. The van der Waals surface area contributed by atoms with Gasteiger partial charge in [0.1, 0.15) is 11.6 Å². The van der Waals surface area contributed by atoms with E-state index in [4.69, 9.17) is 14.4 Å². The molecule has 6 heteroatoms. The number of aromatic nitrogens is 2. The van der Waals surface area contributed by atoms with E-state index in [0.717, 1.165) is 0 Å². The largest absolute Gasteiger partial charge is 0.483 e. The number of hydrogen-bond acceptors (Lipinski definition) is 5. The van der Waals surface area contributed by atoms with Crippen molar-refractivity contribution in [3.05, 3.63) is 41.3 Å². The second-order valence-electron chi connectivity index (χ2n) is 3.43. The van der Waals surface area contributed by atoms with Crippen LogP contribution in [-0.2, 0) is 13.2 Å². The molecule has 0 amide bonds. The fourth-order valence-corrected chi connectivity index (χ4v) is 1.35. The summed E-state index contributed by atoms with van der Waals surface area (Å²) < 4.78 is 23.1. The lowest BCUT2D eigenvalue weighted by Gasteiger charge is -2.07. The van der Waals surface area contributed by atoms with Crippen molar-refractivity contribution >= 4 is 0 Å². The highest BCUT2D eigenvalue weighted by Gasteiger charge is 2.07. The fraction of sp³-hybridized carbons (Fsp3) is 0.273. The van der Waals surface area contributed by atoms with Crippen molar-refractivity contribution in [2.75, 3.05) is 0 Å². The third kappa shape index (κ3) is 2.79. The minimum Gasteiger partial charge on any atom is -0.483 e. The van der Waals surface area contributed by atoms with Crippen LogP contribution in [0.15, 0.2) is 22.7 Å². The number of benzene rings is 1. The van der Waals surface area contributed by atoms with Crippen LogP contribution >= 0.6 is 0 Å². The van der Waals surface area contributed by atoms with Crippen molar-refractivity contribution in [3.8, 4) is 5.75 Å². The highest BCUT2D eigenvalue weighted by molar-refractivity contribution is 5.33. The zero-order valence-electron chi connectivity index (χ0n) is 9.18. The summed E-state index contributed by atoms with van der Waals surface area (Å²) in [4.78, 5) is 3.96. The summed E-state index contributed by atoms with van der Waals surface area (Å²) in [6.45, 7) is 1.49. The quantitative estimate of drug-likeness (QED) is 0.875. The molecule has 1 N–H and O–H groups in total. The van der Waals surface area contributed by atoms with E-state index in [-0.39, 0.29) is 13.2 Å². The highest BCUT2D eigenvalue weighted by Crippen LogP contribution is 2.20. The zero-order chi connectivity index (χ0) is 12.3. The molecule has 1 aromatic heterocycles. The van der Waals surface area contributed by atoms with E-state index in [9.17, 15) is 4.39 Å². The maximum Gasteiger partial charge on any atom is 0.264 e. The molecule has 0 unspecified atom stereocenters. The molecule has 2 rings (SSSR count). The SMILES string of the molecule is Cc1noc(COc2ccc(F)cc2CO)n1. The molecule has 5 nitrogen and oxygen atoms in total. The standard InChI is InChI=1S/C11H11FN2O3/c1-7-13-11(17-14-7)6-16-10-3-2-9(12)4-8(10)5-15/h2-4,15H,5-6H2,1H3. The number of aliphatic hydroxyl groups is 1. The normalized spacial score (nSPS) is 10.5. The number of halogens is 1. The van der Waals surface area contributed by atoms with E-state index in [1.165, 1.54) is 18.2 Å². The smallest absolute Gasteiger partial charge is 0.264 e. The average Bonchev–Trinajstić information content (AvgIpc) is 2.73. The summed E-state index contributed by atoms with van der Waals surface area (Å²) in [5, 5.41) is 12.7. The van der Waals surface area contributed by atoms with Crippen LogP contribution in [0.3, 0.4) is 0 Å². The minimum atomic E-state index is -0.421. The van der Waals surface area contributed by atoms with Gasteiger partial charge in [0, 0.05) is 5.56 Å². The van der Waals surface area contributed by atoms with Crippen LogP contribution in [0.25, 0.3) is 0 Å². The first-order valence-corrected chi connectivity index (χ1v) is 5.00. The first-order chi connectivity index (χ1) is 8.19. The van der Waals surface area contributed by atoms with Gasteiger partial charge in [-0.25, -0.2) is 4.39 Å². The Morgan fingerprint density at radius 2 is 2.29 bits per heavy atom. The van der Waals surface area contributed by atoms with Gasteiger partial charge in [-0.1, -0.05) is 5.16 Å². The van der Waals surface area contributed by atoms with E-state index in [1.807, 2.05) is 0 Å². The molecule has 0 radical (unpaired) electrons. The van der Waals surface area contributed by atoms with E-state index in [1.54, 1.807) is 6.92 Å². The number of nitrogens with zero attached hydrogens (tertiary/aromatic N) is 2. The molecule has 0 spiro atoms. The molecule has 0 fully saturated rings. The van der Waals surface area contributed by atoms with Gasteiger partial charge in [-0.05, 0) is 25.1 Å². The summed E-state index contributed by atoms with van der Waals surface area (Å²) in [7, 11) is 0. The zero-order valence-corrected chi connectivity index (χ0v) is 9.18. The predicted molar refractivity (Wildman–Crippen MR) is 55.7 cm³/mol. The van der Waals surface area contributed by atoms with Crippen LogP contribution in [0.5, 0.6) is 5.75 Å². The Bertz CT molecular complexity index is 513. The Balaban J connectivity index is 2.08. The summed E-state index contributed by atoms with van der Waals surface area (Å²) >= 11 is 0. The topological polar surface area (TPSA) is 68.4 Å². The van der Waals surface area contributed by atoms with Crippen LogP contribution in [0.1, 0.15) is 17.3 Å². The Labute approximate surface area is 96.8 Å². The van der Waals surface area contributed by atoms with E-state index >= 15 is 0 Å². The Kier molecular flexibility index (Phi) is 3.34. The van der Waals surface area contributed by atoms with Crippen molar-refractivity contribution in [1.29, 1.82) is 0 Å². The fourth-order valence-electron chi connectivity index (χ4n) is 1.35. The summed E-state index contributed by atoms with van der Waals surface area (Å²) in [5.41, 5.74) is 0.376. The number of ether oxygens (including phenoxy) is 1. The van der Waals surface area contributed by atoms with Gasteiger partial charge in [-0.2, -0.15) is 4.98 Å². The molecule has 0 saturated heterocycles. The lowest BCUT2D eigenvalue weighted by molar-refractivity contribution is 0.228. The van der Waals surface area contributed by atoms with E-state index in [0.29, 0.717) is 23.0 Å².